The maximum absolute atomic E-state index is 13.4. The highest BCUT2D eigenvalue weighted by atomic mass is 19.1. The Morgan fingerprint density at radius 2 is 2.00 bits per heavy atom. The van der Waals surface area contributed by atoms with Crippen LogP contribution in [0.1, 0.15) is 30.1 Å². The van der Waals surface area contributed by atoms with Crippen molar-refractivity contribution in [3.8, 4) is 0 Å². The van der Waals surface area contributed by atoms with Crippen molar-refractivity contribution in [2.75, 3.05) is 18.9 Å². The summed E-state index contributed by atoms with van der Waals surface area (Å²) in [6, 6.07) is 1.33. The quantitative estimate of drug-likeness (QED) is 0.473. The normalized spacial score (nSPS) is 10.2. The van der Waals surface area contributed by atoms with Crippen LogP contribution in [0.3, 0.4) is 0 Å². The van der Waals surface area contributed by atoms with E-state index in [1.54, 1.807) is 0 Å². The van der Waals surface area contributed by atoms with Gasteiger partial charge in [0, 0.05) is 12.6 Å². The molecule has 1 amide bonds. The number of carbonyl (C=O) groups is 2. The van der Waals surface area contributed by atoms with Crippen LogP contribution in [-0.2, 0) is 9.53 Å². The van der Waals surface area contributed by atoms with Gasteiger partial charge in [-0.1, -0.05) is 13.3 Å². The van der Waals surface area contributed by atoms with Gasteiger partial charge in [0.2, 0.25) is 0 Å². The van der Waals surface area contributed by atoms with Crippen LogP contribution in [0.15, 0.2) is 12.1 Å². The summed E-state index contributed by atoms with van der Waals surface area (Å²) < 4.78 is 30.9. The molecular formula is C13H16F2N2O3. The molecule has 0 atom stereocenters. The number of nitrogens with two attached hydrogens (primary N) is 1. The van der Waals surface area contributed by atoms with E-state index in [4.69, 9.17) is 5.73 Å². The van der Waals surface area contributed by atoms with Gasteiger partial charge in [0.25, 0.3) is 5.91 Å². The number of halogens is 2. The molecule has 0 fully saturated rings. The molecule has 0 aliphatic heterocycles. The molecule has 20 heavy (non-hydrogen) atoms. The minimum atomic E-state index is -1.09. The molecule has 0 radical (unpaired) electrons. The van der Waals surface area contributed by atoms with E-state index in [-0.39, 0.29) is 5.69 Å². The zero-order chi connectivity index (χ0) is 15.1. The lowest BCUT2D eigenvalue weighted by molar-refractivity contribution is -0.124. The van der Waals surface area contributed by atoms with E-state index in [0.29, 0.717) is 12.6 Å². The smallest absolute Gasteiger partial charge is 0.341 e. The number of hydrogen-bond donors (Lipinski definition) is 2. The predicted octanol–water partition coefficient (Wildman–Crippen LogP) is 1.62. The molecule has 1 aromatic rings. The molecule has 0 bridgehead atoms. The van der Waals surface area contributed by atoms with Crippen molar-refractivity contribution in [3.05, 3.63) is 29.3 Å². The Labute approximate surface area is 115 Å². The van der Waals surface area contributed by atoms with Crippen molar-refractivity contribution in [1.29, 1.82) is 0 Å². The molecule has 110 valence electrons. The summed E-state index contributed by atoms with van der Waals surface area (Å²) in [5.74, 6) is -3.61. The number of benzene rings is 1. The summed E-state index contributed by atoms with van der Waals surface area (Å²) in [5, 5.41) is 2.53. The van der Waals surface area contributed by atoms with E-state index >= 15 is 0 Å². The molecule has 0 heterocycles. The first kappa shape index (κ1) is 15.9. The van der Waals surface area contributed by atoms with Gasteiger partial charge < -0.3 is 15.8 Å². The second kappa shape index (κ2) is 7.42. The number of amides is 1. The van der Waals surface area contributed by atoms with Gasteiger partial charge in [0.1, 0.15) is 11.6 Å². The largest absolute Gasteiger partial charge is 0.452 e. The second-order valence-electron chi connectivity index (χ2n) is 4.13. The van der Waals surface area contributed by atoms with Gasteiger partial charge in [0.05, 0.1) is 11.3 Å². The highest BCUT2D eigenvalue weighted by Crippen LogP contribution is 2.17. The first-order chi connectivity index (χ1) is 9.45. The Morgan fingerprint density at radius 1 is 1.30 bits per heavy atom. The topological polar surface area (TPSA) is 81.4 Å². The number of nitrogen functional groups attached to an aromatic ring is 1. The van der Waals surface area contributed by atoms with Crippen LogP contribution >= 0.6 is 0 Å². The van der Waals surface area contributed by atoms with Crippen LogP contribution in [0.2, 0.25) is 0 Å². The Bertz CT molecular complexity index is 507. The average Bonchev–Trinajstić information content (AvgIpc) is 2.40. The average molecular weight is 286 g/mol. The van der Waals surface area contributed by atoms with Gasteiger partial charge in [-0.05, 0) is 12.5 Å². The van der Waals surface area contributed by atoms with Crippen LogP contribution in [0.4, 0.5) is 14.5 Å². The Morgan fingerprint density at radius 3 is 2.65 bits per heavy atom. The van der Waals surface area contributed by atoms with Crippen molar-refractivity contribution >= 4 is 17.6 Å². The maximum Gasteiger partial charge on any atom is 0.341 e. The summed E-state index contributed by atoms with van der Waals surface area (Å²) in [7, 11) is 0. The van der Waals surface area contributed by atoms with E-state index < -0.39 is 35.7 Å². The molecule has 0 spiro atoms. The van der Waals surface area contributed by atoms with Crippen molar-refractivity contribution in [2.24, 2.45) is 0 Å². The van der Waals surface area contributed by atoms with E-state index in [1.807, 2.05) is 6.92 Å². The van der Waals surface area contributed by atoms with Gasteiger partial charge >= 0.3 is 5.97 Å². The van der Waals surface area contributed by atoms with Gasteiger partial charge in [-0.3, -0.25) is 4.79 Å². The fourth-order valence-corrected chi connectivity index (χ4v) is 1.39. The molecule has 0 aliphatic carbocycles. The van der Waals surface area contributed by atoms with Crippen molar-refractivity contribution in [2.45, 2.75) is 19.8 Å². The van der Waals surface area contributed by atoms with Crippen LogP contribution in [0.25, 0.3) is 0 Å². The molecule has 0 aromatic heterocycles. The highest BCUT2D eigenvalue weighted by Gasteiger charge is 2.17. The van der Waals surface area contributed by atoms with Crippen molar-refractivity contribution in [3.63, 3.8) is 0 Å². The second-order valence-corrected chi connectivity index (χ2v) is 4.13. The molecule has 0 saturated carbocycles. The third kappa shape index (κ3) is 4.49. The monoisotopic (exact) mass is 286 g/mol. The van der Waals surface area contributed by atoms with E-state index in [2.05, 4.69) is 10.1 Å². The number of ether oxygens (including phenoxy) is 1. The fraction of sp³-hybridized carbons (Fsp3) is 0.385. The summed E-state index contributed by atoms with van der Waals surface area (Å²) in [4.78, 5) is 22.8. The lowest BCUT2D eigenvalue weighted by Gasteiger charge is -2.07. The first-order valence-electron chi connectivity index (χ1n) is 6.14. The van der Waals surface area contributed by atoms with E-state index in [1.165, 1.54) is 0 Å². The lowest BCUT2D eigenvalue weighted by Crippen LogP contribution is -2.29. The number of anilines is 1. The zero-order valence-corrected chi connectivity index (χ0v) is 11.0. The van der Waals surface area contributed by atoms with Gasteiger partial charge in [0.15, 0.2) is 6.61 Å². The number of nitrogens with one attached hydrogen (secondary N) is 1. The van der Waals surface area contributed by atoms with Crippen LogP contribution in [0.5, 0.6) is 0 Å². The molecule has 7 heteroatoms. The van der Waals surface area contributed by atoms with Crippen LogP contribution in [0, 0.1) is 11.6 Å². The first-order valence-corrected chi connectivity index (χ1v) is 6.14. The minimum absolute atomic E-state index is 0.370. The number of hydrogen-bond acceptors (Lipinski definition) is 4. The minimum Gasteiger partial charge on any atom is -0.452 e. The Kier molecular flexibility index (Phi) is 5.89. The Hall–Kier alpha value is -2.18. The maximum atomic E-state index is 13.4. The summed E-state index contributed by atoms with van der Waals surface area (Å²) in [5.41, 5.74) is 4.36. The molecule has 0 saturated heterocycles. The summed E-state index contributed by atoms with van der Waals surface area (Å²) in [6.07, 6.45) is 1.73. The summed E-state index contributed by atoms with van der Waals surface area (Å²) >= 11 is 0. The molecule has 3 N–H and O–H groups in total. The van der Waals surface area contributed by atoms with Gasteiger partial charge in [-0.25, -0.2) is 13.6 Å². The Balaban J connectivity index is 2.55. The highest BCUT2D eigenvalue weighted by molar-refractivity contribution is 5.92. The number of unbranched alkanes of at least 4 members (excludes halogenated alkanes) is 1. The van der Waals surface area contributed by atoms with Crippen molar-refractivity contribution < 1.29 is 23.1 Å². The molecular weight excluding hydrogens is 270 g/mol. The number of rotatable bonds is 6. The summed E-state index contributed by atoms with van der Waals surface area (Å²) in [6.45, 7) is 1.91. The molecule has 5 nitrogen and oxygen atoms in total. The number of esters is 1. The molecule has 1 aromatic carbocycles. The third-order valence-electron chi connectivity index (χ3n) is 2.49. The lowest BCUT2D eigenvalue weighted by atomic mass is 10.2. The number of carbonyl (C=O) groups excluding carboxylic acids is 2. The van der Waals surface area contributed by atoms with Gasteiger partial charge in [-0.15, -0.1) is 0 Å². The SMILES string of the molecule is CCCCNC(=O)COC(=O)c1cc(N)c(F)cc1F. The van der Waals surface area contributed by atoms with E-state index in [9.17, 15) is 18.4 Å². The van der Waals surface area contributed by atoms with Crippen molar-refractivity contribution in [1.82, 2.24) is 5.32 Å². The zero-order valence-electron chi connectivity index (χ0n) is 11.0. The molecule has 1 rings (SSSR count). The molecule has 0 unspecified atom stereocenters. The van der Waals surface area contributed by atoms with E-state index in [0.717, 1.165) is 18.9 Å². The third-order valence-corrected chi connectivity index (χ3v) is 2.49. The molecule has 0 aliphatic rings. The standard InChI is InChI=1S/C13H16F2N2O3/c1-2-3-4-17-12(18)7-20-13(19)8-5-11(16)10(15)6-9(8)14/h5-6H,2-4,7,16H2,1H3,(H,17,18). The van der Waals surface area contributed by atoms with Crippen LogP contribution in [-0.4, -0.2) is 25.0 Å². The fourth-order valence-electron chi connectivity index (χ4n) is 1.39. The predicted molar refractivity (Wildman–Crippen MR) is 69.0 cm³/mol. The van der Waals surface area contributed by atoms with Gasteiger partial charge in [-0.2, -0.15) is 0 Å². The van der Waals surface area contributed by atoms with Crippen LogP contribution < -0.4 is 11.1 Å².